The molecule has 0 aliphatic carbocycles. The van der Waals surface area contributed by atoms with E-state index in [4.69, 9.17) is 0 Å². The Labute approximate surface area is 98.1 Å². The maximum absolute atomic E-state index is 4.24. The number of allylic oxidation sites excluding steroid dienone is 1. The molecular formula is C13H17N2P. The fourth-order valence-corrected chi connectivity index (χ4v) is 3.87. The third kappa shape index (κ3) is 2.28. The highest BCUT2D eigenvalue weighted by molar-refractivity contribution is 7.58. The molecule has 16 heavy (non-hydrogen) atoms. The van der Waals surface area contributed by atoms with Crippen LogP contribution in [0.2, 0.25) is 0 Å². The molecule has 0 saturated carbocycles. The van der Waals surface area contributed by atoms with E-state index in [-0.39, 0.29) is 0 Å². The van der Waals surface area contributed by atoms with Crippen molar-refractivity contribution in [2.45, 2.75) is 19.8 Å². The van der Waals surface area contributed by atoms with Crippen molar-refractivity contribution in [2.75, 3.05) is 0 Å². The summed E-state index contributed by atoms with van der Waals surface area (Å²) in [6.45, 7) is 6.44. The average Bonchev–Trinajstić information content (AvgIpc) is 2.91. The third-order valence-corrected chi connectivity index (χ3v) is 4.63. The smallest absolute Gasteiger partial charge is 0.131 e. The van der Waals surface area contributed by atoms with E-state index in [2.05, 4.69) is 71.2 Å². The highest BCUT2D eigenvalue weighted by Gasteiger charge is 2.14. The second-order valence-corrected chi connectivity index (χ2v) is 5.87. The minimum absolute atomic E-state index is 0.505. The molecule has 0 radical (unpaired) electrons. The van der Waals surface area contributed by atoms with Crippen molar-refractivity contribution in [2.24, 2.45) is 0 Å². The molecule has 2 nitrogen and oxygen atoms in total. The molecule has 0 bridgehead atoms. The molecule has 0 aliphatic rings. The highest BCUT2D eigenvalue weighted by Crippen LogP contribution is 2.48. The van der Waals surface area contributed by atoms with Crippen molar-refractivity contribution >= 4 is 8.22 Å². The van der Waals surface area contributed by atoms with Gasteiger partial charge in [-0.2, -0.15) is 0 Å². The molecular weight excluding hydrogens is 215 g/mol. The van der Waals surface area contributed by atoms with Gasteiger partial charge >= 0.3 is 0 Å². The van der Waals surface area contributed by atoms with Crippen LogP contribution in [0.1, 0.15) is 19.8 Å². The van der Waals surface area contributed by atoms with Gasteiger partial charge in [-0.1, -0.05) is 19.9 Å². The molecule has 2 heterocycles. The summed E-state index contributed by atoms with van der Waals surface area (Å²) in [5.74, 6) is 0. The van der Waals surface area contributed by atoms with Crippen molar-refractivity contribution in [3.63, 3.8) is 0 Å². The van der Waals surface area contributed by atoms with Crippen LogP contribution < -0.4 is 0 Å². The van der Waals surface area contributed by atoms with Gasteiger partial charge in [0.2, 0.25) is 0 Å². The summed E-state index contributed by atoms with van der Waals surface area (Å²) in [5.41, 5.74) is 0. The molecule has 2 rings (SSSR count). The van der Waals surface area contributed by atoms with E-state index >= 15 is 0 Å². The van der Waals surface area contributed by atoms with E-state index in [1.54, 1.807) is 0 Å². The number of nitrogens with zero attached hydrogens (tertiary/aromatic N) is 2. The normalized spacial score (nSPS) is 10.9. The summed E-state index contributed by atoms with van der Waals surface area (Å²) in [5, 5.41) is 1.31. The summed E-state index contributed by atoms with van der Waals surface area (Å²) < 4.78 is 4.51. The zero-order valence-corrected chi connectivity index (χ0v) is 10.5. The highest BCUT2D eigenvalue weighted by atomic mass is 31.1. The summed E-state index contributed by atoms with van der Waals surface area (Å²) in [6.07, 6.45) is 10.7. The quantitative estimate of drug-likeness (QED) is 0.680. The Morgan fingerprint density at radius 3 is 1.81 bits per heavy atom. The zero-order chi connectivity index (χ0) is 11.4. The molecule has 0 aromatic carbocycles. The van der Waals surface area contributed by atoms with Crippen LogP contribution in [-0.4, -0.2) is 8.68 Å². The molecule has 0 saturated heterocycles. The summed E-state index contributed by atoms with van der Waals surface area (Å²) >= 11 is 0. The number of aromatic nitrogens is 2. The van der Waals surface area contributed by atoms with Gasteiger partial charge in [0.05, 0.1) is 0 Å². The van der Waals surface area contributed by atoms with Gasteiger partial charge in [-0.3, -0.25) is 0 Å². The first kappa shape index (κ1) is 11.2. The van der Waals surface area contributed by atoms with E-state index in [0.29, 0.717) is 0 Å². The van der Waals surface area contributed by atoms with Crippen molar-refractivity contribution in [1.29, 1.82) is 0 Å². The zero-order valence-electron chi connectivity index (χ0n) is 9.58. The lowest BCUT2D eigenvalue weighted by Crippen LogP contribution is -1.99. The van der Waals surface area contributed by atoms with Crippen molar-refractivity contribution in [3.05, 3.63) is 60.9 Å². The van der Waals surface area contributed by atoms with Crippen LogP contribution in [0.15, 0.2) is 60.9 Å². The molecule has 0 atom stereocenters. The average molecular weight is 232 g/mol. The molecule has 0 amide bonds. The van der Waals surface area contributed by atoms with Crippen LogP contribution in [0.3, 0.4) is 0 Å². The largest absolute Gasteiger partial charge is 0.312 e. The number of hydrogen-bond donors (Lipinski definition) is 0. The van der Waals surface area contributed by atoms with Crippen LogP contribution in [0.5, 0.6) is 0 Å². The van der Waals surface area contributed by atoms with Crippen LogP contribution in [0.4, 0.5) is 0 Å². The molecule has 0 unspecified atom stereocenters. The minimum Gasteiger partial charge on any atom is -0.312 e. The maximum atomic E-state index is 4.24. The molecule has 0 spiro atoms. The fraction of sp³-hybridized carbons (Fsp3) is 0.231. The van der Waals surface area contributed by atoms with Crippen LogP contribution in [-0.2, 0) is 0 Å². The molecule has 3 heteroatoms. The second kappa shape index (κ2) is 5.18. The standard InChI is InChI=1S/C13H17N2P/c1-3-8-13(2)16(14-9-4-5-10-14)15-11-6-7-12-15/h4-7,9-12H,2-3,8H2,1H3. The Morgan fingerprint density at radius 2 is 1.44 bits per heavy atom. The molecule has 0 N–H and O–H groups in total. The van der Waals surface area contributed by atoms with Gasteiger partial charge in [0.1, 0.15) is 8.22 Å². The molecule has 0 aliphatic heterocycles. The summed E-state index contributed by atoms with van der Waals surface area (Å²) in [6, 6.07) is 8.27. The van der Waals surface area contributed by atoms with Crippen molar-refractivity contribution in [1.82, 2.24) is 8.68 Å². The van der Waals surface area contributed by atoms with Crippen molar-refractivity contribution in [3.8, 4) is 0 Å². The van der Waals surface area contributed by atoms with Crippen LogP contribution in [0.25, 0.3) is 0 Å². The first-order chi connectivity index (χ1) is 7.83. The Bertz CT molecular complexity index is 394. The van der Waals surface area contributed by atoms with Crippen molar-refractivity contribution < 1.29 is 0 Å². The van der Waals surface area contributed by atoms with Gasteiger partial charge in [0.25, 0.3) is 0 Å². The monoisotopic (exact) mass is 232 g/mol. The van der Waals surface area contributed by atoms with E-state index in [1.807, 2.05) is 0 Å². The van der Waals surface area contributed by atoms with Gasteiger partial charge in [-0.05, 0) is 36.0 Å². The third-order valence-electron chi connectivity index (χ3n) is 2.44. The molecule has 2 aromatic heterocycles. The van der Waals surface area contributed by atoms with Crippen LogP contribution >= 0.6 is 8.22 Å². The maximum Gasteiger partial charge on any atom is 0.131 e. The topological polar surface area (TPSA) is 9.86 Å². The van der Waals surface area contributed by atoms with E-state index in [9.17, 15) is 0 Å². The first-order valence-corrected chi connectivity index (χ1v) is 6.82. The van der Waals surface area contributed by atoms with Gasteiger partial charge in [-0.25, -0.2) is 0 Å². The summed E-state index contributed by atoms with van der Waals surface area (Å²) in [7, 11) is -0.505. The number of hydrogen-bond acceptors (Lipinski definition) is 0. The van der Waals surface area contributed by atoms with E-state index in [0.717, 1.165) is 12.8 Å². The van der Waals surface area contributed by atoms with Gasteiger partial charge in [0, 0.05) is 24.8 Å². The molecule has 2 aromatic rings. The van der Waals surface area contributed by atoms with E-state index < -0.39 is 8.22 Å². The summed E-state index contributed by atoms with van der Waals surface area (Å²) in [4.78, 5) is 0. The Balaban J connectivity index is 2.31. The van der Waals surface area contributed by atoms with E-state index in [1.165, 1.54) is 5.31 Å². The van der Waals surface area contributed by atoms with Gasteiger partial charge in [-0.15, -0.1) is 0 Å². The molecule has 0 fully saturated rings. The molecule has 84 valence electrons. The minimum atomic E-state index is -0.505. The Hall–Kier alpha value is -1.27. The number of rotatable bonds is 5. The Kier molecular flexibility index (Phi) is 3.63. The lowest BCUT2D eigenvalue weighted by atomic mass is 10.3. The lowest BCUT2D eigenvalue weighted by Gasteiger charge is -2.22. The first-order valence-electron chi connectivity index (χ1n) is 5.57. The second-order valence-electron chi connectivity index (χ2n) is 3.73. The van der Waals surface area contributed by atoms with Gasteiger partial charge < -0.3 is 8.68 Å². The lowest BCUT2D eigenvalue weighted by molar-refractivity contribution is 0.937. The predicted molar refractivity (Wildman–Crippen MR) is 70.6 cm³/mol. The fourth-order valence-electron chi connectivity index (χ4n) is 1.74. The Morgan fingerprint density at radius 1 is 1.00 bits per heavy atom. The van der Waals surface area contributed by atoms with Crippen LogP contribution in [0, 0.1) is 0 Å². The predicted octanol–water partition coefficient (Wildman–Crippen LogP) is 4.31. The SMILES string of the molecule is C=C(CCC)P(n1cccc1)n1cccc1. The van der Waals surface area contributed by atoms with Gasteiger partial charge in [0.15, 0.2) is 0 Å².